The van der Waals surface area contributed by atoms with Gasteiger partial charge in [-0.25, -0.2) is 4.39 Å². The molecule has 1 unspecified atom stereocenters. The molecule has 31 heavy (non-hydrogen) atoms. The van der Waals surface area contributed by atoms with Crippen LogP contribution in [0, 0.1) is 5.82 Å². The van der Waals surface area contributed by atoms with Gasteiger partial charge in [0.15, 0.2) is 5.76 Å². The molecule has 3 aromatic rings. The molecule has 1 aromatic heterocycles. The van der Waals surface area contributed by atoms with Gasteiger partial charge in [-0.15, -0.1) is 11.8 Å². The Morgan fingerprint density at radius 1 is 1.16 bits per heavy atom. The number of thioether (sulfide) groups is 1. The molecule has 162 valence electrons. The molecule has 0 bridgehead atoms. The quantitative estimate of drug-likeness (QED) is 0.339. The molecule has 3 rings (SSSR count). The molecule has 0 radical (unpaired) electrons. The first kappa shape index (κ1) is 23.2. The minimum Gasteiger partial charge on any atom is -0.502 e. The van der Waals surface area contributed by atoms with Crippen molar-refractivity contribution in [1.82, 2.24) is 0 Å². The van der Waals surface area contributed by atoms with Gasteiger partial charge < -0.3 is 14.3 Å². The van der Waals surface area contributed by atoms with E-state index < -0.39 is 23.1 Å². The van der Waals surface area contributed by atoms with Gasteiger partial charge in [0.2, 0.25) is 11.2 Å². The number of aromatic hydroxyl groups is 1. The van der Waals surface area contributed by atoms with Crippen molar-refractivity contribution in [1.29, 1.82) is 0 Å². The first-order valence-corrected chi connectivity index (χ1v) is 10.8. The average molecular weight is 483 g/mol. The van der Waals surface area contributed by atoms with E-state index in [4.69, 9.17) is 32.4 Å². The van der Waals surface area contributed by atoms with Crippen LogP contribution in [-0.2, 0) is 15.3 Å². The number of hydrogen-bond donors (Lipinski definition) is 1. The largest absolute Gasteiger partial charge is 0.502 e. The average Bonchev–Trinajstić information content (AvgIpc) is 2.76. The summed E-state index contributed by atoms with van der Waals surface area (Å²) in [6.45, 7) is 0. The van der Waals surface area contributed by atoms with Gasteiger partial charge >= 0.3 is 5.97 Å². The van der Waals surface area contributed by atoms with Crippen LogP contribution in [0.15, 0.2) is 62.6 Å². The van der Waals surface area contributed by atoms with Gasteiger partial charge in [0.1, 0.15) is 11.6 Å². The van der Waals surface area contributed by atoms with E-state index in [0.717, 1.165) is 4.90 Å². The Morgan fingerprint density at radius 2 is 1.87 bits per heavy atom. The van der Waals surface area contributed by atoms with E-state index in [1.807, 2.05) is 0 Å². The van der Waals surface area contributed by atoms with Crippen LogP contribution >= 0.6 is 35.0 Å². The van der Waals surface area contributed by atoms with Crippen molar-refractivity contribution in [3.8, 4) is 5.75 Å². The van der Waals surface area contributed by atoms with Crippen LogP contribution in [0.5, 0.6) is 5.75 Å². The highest BCUT2D eigenvalue weighted by Gasteiger charge is 2.27. The predicted molar refractivity (Wildman–Crippen MR) is 118 cm³/mol. The lowest BCUT2D eigenvalue weighted by molar-refractivity contribution is -0.140. The highest BCUT2D eigenvalue weighted by Crippen LogP contribution is 2.36. The minimum absolute atomic E-state index is 0.0778. The number of benzene rings is 2. The Hall–Kier alpha value is -2.48. The van der Waals surface area contributed by atoms with Crippen molar-refractivity contribution in [3.63, 3.8) is 0 Å². The summed E-state index contributed by atoms with van der Waals surface area (Å²) in [7, 11) is 1.24. The van der Waals surface area contributed by atoms with E-state index >= 15 is 0 Å². The lowest BCUT2D eigenvalue weighted by Gasteiger charge is -2.18. The van der Waals surface area contributed by atoms with Crippen molar-refractivity contribution in [2.75, 3.05) is 7.11 Å². The van der Waals surface area contributed by atoms with Crippen LogP contribution in [0.25, 0.3) is 0 Å². The Bertz CT molecular complexity index is 1150. The van der Waals surface area contributed by atoms with E-state index in [0.29, 0.717) is 10.6 Å². The SMILES string of the molecule is COC(=O)CC(c1ccc(Cl)c(Cl)c1)c1oc(CSc2ccc(F)cc2)cc(=O)c1O. The Balaban J connectivity index is 1.98. The summed E-state index contributed by atoms with van der Waals surface area (Å²) in [5.74, 6) is -1.89. The van der Waals surface area contributed by atoms with Gasteiger partial charge in [-0.3, -0.25) is 9.59 Å². The summed E-state index contributed by atoms with van der Waals surface area (Å²) in [5.41, 5.74) is -0.132. The van der Waals surface area contributed by atoms with Crippen molar-refractivity contribution in [3.05, 3.63) is 91.7 Å². The normalized spacial score (nSPS) is 11.9. The highest BCUT2D eigenvalue weighted by molar-refractivity contribution is 7.98. The highest BCUT2D eigenvalue weighted by atomic mass is 35.5. The number of hydrogen-bond acceptors (Lipinski definition) is 6. The van der Waals surface area contributed by atoms with Crippen molar-refractivity contribution in [2.24, 2.45) is 0 Å². The number of methoxy groups -OCH3 is 1. The van der Waals surface area contributed by atoms with Crippen LogP contribution in [0.3, 0.4) is 0 Å². The molecule has 1 N–H and O–H groups in total. The Labute approximate surface area is 191 Å². The van der Waals surface area contributed by atoms with Crippen LogP contribution in [0.4, 0.5) is 4.39 Å². The third-order valence-electron chi connectivity index (χ3n) is 4.46. The number of rotatable bonds is 7. The number of esters is 1. The monoisotopic (exact) mass is 482 g/mol. The molecule has 5 nitrogen and oxygen atoms in total. The van der Waals surface area contributed by atoms with E-state index in [9.17, 15) is 19.1 Å². The van der Waals surface area contributed by atoms with Crippen LogP contribution < -0.4 is 5.43 Å². The topological polar surface area (TPSA) is 76.7 Å². The maximum absolute atomic E-state index is 13.1. The van der Waals surface area contributed by atoms with Gasteiger partial charge in [-0.05, 0) is 42.0 Å². The second-order valence-corrected chi connectivity index (χ2v) is 8.40. The van der Waals surface area contributed by atoms with Gasteiger partial charge in [0.05, 0.1) is 35.2 Å². The molecule has 0 aliphatic rings. The number of carbonyl (C=O) groups is 1. The third kappa shape index (κ3) is 5.81. The van der Waals surface area contributed by atoms with Crippen LogP contribution in [-0.4, -0.2) is 18.2 Å². The molecule has 0 amide bonds. The van der Waals surface area contributed by atoms with E-state index in [1.165, 1.54) is 43.1 Å². The fourth-order valence-corrected chi connectivity index (χ4v) is 3.97. The molecule has 0 spiro atoms. The van der Waals surface area contributed by atoms with E-state index in [-0.39, 0.29) is 34.5 Å². The van der Waals surface area contributed by atoms with Crippen molar-refractivity contribution in [2.45, 2.75) is 23.0 Å². The lowest BCUT2D eigenvalue weighted by Crippen LogP contribution is -2.14. The second kappa shape index (κ2) is 10.2. The molecule has 0 aliphatic heterocycles. The standard InChI is InChI=1S/C22H17Cl2FO5S/c1-29-20(27)10-16(12-2-7-17(23)18(24)8-12)22-21(28)19(26)9-14(30-22)11-31-15-5-3-13(25)4-6-15/h2-9,16,28H,10-11H2,1H3. The van der Waals surface area contributed by atoms with Crippen molar-refractivity contribution < 1.29 is 23.4 Å². The summed E-state index contributed by atoms with van der Waals surface area (Å²) in [6, 6.07) is 11.8. The molecule has 0 saturated heterocycles. The maximum atomic E-state index is 13.1. The smallest absolute Gasteiger partial charge is 0.306 e. The fraction of sp³-hybridized carbons (Fsp3) is 0.182. The first-order valence-electron chi connectivity index (χ1n) is 9.04. The summed E-state index contributed by atoms with van der Waals surface area (Å²) < 4.78 is 23.7. The fourth-order valence-electron chi connectivity index (χ4n) is 2.89. The maximum Gasteiger partial charge on any atom is 0.306 e. The number of carbonyl (C=O) groups excluding carboxylic acids is 1. The molecule has 0 aliphatic carbocycles. The van der Waals surface area contributed by atoms with Gasteiger partial charge in [0, 0.05) is 11.0 Å². The zero-order valence-electron chi connectivity index (χ0n) is 16.2. The molecule has 1 atom stereocenters. The molecular formula is C22H17Cl2FO5S. The minimum atomic E-state index is -0.828. The summed E-state index contributed by atoms with van der Waals surface area (Å²) in [5, 5.41) is 11.0. The van der Waals surface area contributed by atoms with Crippen molar-refractivity contribution >= 4 is 40.9 Å². The molecule has 9 heteroatoms. The molecule has 2 aromatic carbocycles. The summed E-state index contributed by atoms with van der Waals surface area (Å²) in [6.07, 6.45) is -0.195. The molecule has 0 saturated carbocycles. The molecular weight excluding hydrogens is 466 g/mol. The number of halogens is 3. The zero-order chi connectivity index (χ0) is 22.5. The third-order valence-corrected chi connectivity index (χ3v) is 6.23. The van der Waals surface area contributed by atoms with Gasteiger partial charge in [0.25, 0.3) is 0 Å². The molecule has 1 heterocycles. The van der Waals surface area contributed by atoms with Crippen LogP contribution in [0.2, 0.25) is 10.0 Å². The second-order valence-electron chi connectivity index (χ2n) is 6.54. The lowest BCUT2D eigenvalue weighted by atomic mass is 9.92. The number of ether oxygens (including phenoxy) is 1. The van der Waals surface area contributed by atoms with E-state index in [1.54, 1.807) is 24.3 Å². The predicted octanol–water partition coefficient (Wildman–Crippen LogP) is 5.78. The summed E-state index contributed by atoms with van der Waals surface area (Å²) in [4.78, 5) is 25.2. The Morgan fingerprint density at radius 3 is 2.52 bits per heavy atom. The molecule has 0 fully saturated rings. The first-order chi connectivity index (χ1) is 14.8. The summed E-state index contributed by atoms with van der Waals surface area (Å²) >= 11 is 13.4. The van der Waals surface area contributed by atoms with Gasteiger partial charge in [-0.2, -0.15) is 0 Å². The van der Waals surface area contributed by atoms with Gasteiger partial charge in [-0.1, -0.05) is 29.3 Å². The zero-order valence-corrected chi connectivity index (χ0v) is 18.6. The van der Waals surface area contributed by atoms with Crippen LogP contribution in [0.1, 0.15) is 29.4 Å². The Kier molecular flexibility index (Phi) is 7.64. The van der Waals surface area contributed by atoms with E-state index in [2.05, 4.69) is 0 Å².